The van der Waals surface area contributed by atoms with Gasteiger partial charge in [-0.2, -0.15) is 0 Å². The number of hydrogen-bond acceptors (Lipinski definition) is 5. The molecule has 1 aliphatic heterocycles. The highest BCUT2D eigenvalue weighted by atomic mass is 32.2. The first-order chi connectivity index (χ1) is 9.26. The molecule has 0 bridgehead atoms. The van der Waals surface area contributed by atoms with Crippen LogP contribution in [0.5, 0.6) is 5.75 Å². The van der Waals surface area contributed by atoms with Crippen LogP contribution in [0.1, 0.15) is 13.8 Å². The summed E-state index contributed by atoms with van der Waals surface area (Å²) in [6, 6.07) is 4.17. The van der Waals surface area contributed by atoms with E-state index in [1.807, 2.05) is 0 Å². The lowest BCUT2D eigenvalue weighted by molar-refractivity contribution is -0.129. The van der Waals surface area contributed by atoms with Gasteiger partial charge in [-0.15, -0.1) is 0 Å². The van der Waals surface area contributed by atoms with E-state index in [9.17, 15) is 13.2 Å². The number of fused-ring (bicyclic) bond motifs is 1. The Hall–Kier alpha value is -1.64. The maximum atomic E-state index is 11.9. The van der Waals surface area contributed by atoms with E-state index >= 15 is 0 Å². The molecule has 3 N–H and O–H groups in total. The van der Waals surface area contributed by atoms with Gasteiger partial charge in [0.2, 0.25) is 10.0 Å². The minimum Gasteiger partial charge on any atom is -0.476 e. The molecular weight excluding hydrogens is 284 g/mol. The van der Waals surface area contributed by atoms with Gasteiger partial charge in [0.1, 0.15) is 5.75 Å². The Morgan fingerprint density at radius 2 is 2.10 bits per heavy atom. The Balaban J connectivity index is 2.36. The van der Waals surface area contributed by atoms with E-state index < -0.39 is 15.6 Å². The molecule has 0 fully saturated rings. The summed E-state index contributed by atoms with van der Waals surface area (Å²) in [7, 11) is -3.71. The number of amides is 1. The number of aliphatic hydroxyl groups is 1. The summed E-state index contributed by atoms with van der Waals surface area (Å²) in [5.41, 5.74) is -0.635. The molecule has 1 aromatic rings. The number of aliphatic hydroxyl groups excluding tert-OH is 1. The SMILES string of the molecule is CC1(C)Oc2cc(S(=O)(=O)NCCO)ccc2NC1=O. The highest BCUT2D eigenvalue weighted by molar-refractivity contribution is 7.89. The van der Waals surface area contributed by atoms with Crippen LogP contribution in [0.3, 0.4) is 0 Å². The Morgan fingerprint density at radius 3 is 2.75 bits per heavy atom. The summed E-state index contributed by atoms with van der Waals surface area (Å²) in [5, 5.41) is 11.3. The topological polar surface area (TPSA) is 105 Å². The molecule has 2 rings (SSSR count). The normalized spacial score (nSPS) is 17.1. The molecule has 0 unspecified atom stereocenters. The van der Waals surface area contributed by atoms with Crippen molar-refractivity contribution in [3.63, 3.8) is 0 Å². The molecule has 0 saturated heterocycles. The summed E-state index contributed by atoms with van der Waals surface area (Å²) < 4.78 is 31.6. The van der Waals surface area contributed by atoms with Gasteiger partial charge in [0, 0.05) is 12.6 Å². The standard InChI is InChI=1S/C12H16N2O5S/c1-12(2)11(16)14-9-4-3-8(7-10(9)19-12)20(17,18)13-5-6-15/h3-4,7,13,15H,5-6H2,1-2H3,(H,14,16). The number of rotatable bonds is 4. The molecule has 20 heavy (non-hydrogen) atoms. The minimum atomic E-state index is -3.71. The zero-order valence-electron chi connectivity index (χ0n) is 11.1. The summed E-state index contributed by atoms with van der Waals surface area (Å²) in [6.07, 6.45) is 0. The van der Waals surface area contributed by atoms with E-state index in [1.54, 1.807) is 13.8 Å². The van der Waals surface area contributed by atoms with Gasteiger partial charge in [0.25, 0.3) is 5.91 Å². The zero-order valence-corrected chi connectivity index (χ0v) is 12.0. The number of anilines is 1. The minimum absolute atomic E-state index is 0.0108. The molecule has 110 valence electrons. The second-order valence-corrected chi connectivity index (χ2v) is 6.61. The lowest BCUT2D eigenvalue weighted by Crippen LogP contribution is -2.45. The van der Waals surface area contributed by atoms with Crippen LogP contribution in [0.15, 0.2) is 23.1 Å². The first-order valence-electron chi connectivity index (χ1n) is 6.01. The van der Waals surface area contributed by atoms with Crippen molar-refractivity contribution in [1.29, 1.82) is 0 Å². The van der Waals surface area contributed by atoms with Crippen molar-refractivity contribution >= 4 is 21.6 Å². The van der Waals surface area contributed by atoms with Gasteiger partial charge in [-0.25, -0.2) is 13.1 Å². The zero-order chi connectivity index (χ0) is 15.0. The van der Waals surface area contributed by atoms with Crippen molar-refractivity contribution in [2.45, 2.75) is 24.3 Å². The molecule has 0 spiro atoms. The van der Waals surface area contributed by atoms with E-state index in [4.69, 9.17) is 9.84 Å². The van der Waals surface area contributed by atoms with Gasteiger partial charge in [-0.1, -0.05) is 0 Å². The van der Waals surface area contributed by atoms with E-state index in [2.05, 4.69) is 10.0 Å². The molecule has 0 radical (unpaired) electrons. The number of carbonyl (C=O) groups excluding carboxylic acids is 1. The van der Waals surface area contributed by atoms with Crippen molar-refractivity contribution in [3.8, 4) is 5.75 Å². The number of carbonyl (C=O) groups is 1. The van der Waals surface area contributed by atoms with Gasteiger partial charge in [0.05, 0.1) is 17.2 Å². The van der Waals surface area contributed by atoms with E-state index in [0.29, 0.717) is 11.4 Å². The second kappa shape index (κ2) is 5.04. The number of nitrogens with one attached hydrogen (secondary N) is 2. The fourth-order valence-electron chi connectivity index (χ4n) is 1.71. The fraction of sp³-hybridized carbons (Fsp3) is 0.417. The number of hydrogen-bond donors (Lipinski definition) is 3. The van der Waals surface area contributed by atoms with E-state index in [0.717, 1.165) is 0 Å². The first kappa shape index (κ1) is 14.8. The molecule has 1 aliphatic rings. The predicted molar refractivity (Wildman–Crippen MR) is 72.1 cm³/mol. The lowest BCUT2D eigenvalue weighted by Gasteiger charge is -2.31. The fourth-order valence-corrected chi connectivity index (χ4v) is 2.75. The highest BCUT2D eigenvalue weighted by Gasteiger charge is 2.35. The van der Waals surface area contributed by atoms with Gasteiger partial charge in [-0.05, 0) is 26.0 Å². The average Bonchev–Trinajstić information content (AvgIpc) is 2.37. The predicted octanol–water partition coefficient (Wildman–Crippen LogP) is 0.0667. The molecule has 1 amide bonds. The van der Waals surface area contributed by atoms with Crippen molar-refractivity contribution in [3.05, 3.63) is 18.2 Å². The van der Waals surface area contributed by atoms with Crippen LogP contribution in [-0.4, -0.2) is 38.2 Å². The molecule has 1 aromatic carbocycles. The third kappa shape index (κ3) is 2.77. The summed E-state index contributed by atoms with van der Waals surface area (Å²) in [6.45, 7) is 2.83. The largest absolute Gasteiger partial charge is 0.476 e. The molecule has 7 nitrogen and oxygen atoms in total. The van der Waals surface area contributed by atoms with Crippen molar-refractivity contribution < 1.29 is 23.1 Å². The average molecular weight is 300 g/mol. The Bertz CT molecular complexity index is 639. The number of benzene rings is 1. The Labute approximate surface area is 117 Å². The smallest absolute Gasteiger partial charge is 0.268 e. The molecule has 0 aromatic heterocycles. The Kier molecular flexibility index (Phi) is 3.72. The van der Waals surface area contributed by atoms with Crippen molar-refractivity contribution in [2.75, 3.05) is 18.5 Å². The molecule has 0 aliphatic carbocycles. The van der Waals surface area contributed by atoms with Crippen LogP contribution in [0.2, 0.25) is 0 Å². The number of ether oxygens (including phenoxy) is 1. The molecule has 1 heterocycles. The first-order valence-corrected chi connectivity index (χ1v) is 7.49. The molecule has 0 saturated carbocycles. The van der Waals surface area contributed by atoms with Crippen molar-refractivity contribution in [1.82, 2.24) is 4.72 Å². The van der Waals surface area contributed by atoms with Crippen LogP contribution in [0.25, 0.3) is 0 Å². The van der Waals surface area contributed by atoms with Crippen LogP contribution in [0, 0.1) is 0 Å². The third-order valence-electron chi connectivity index (χ3n) is 2.83. The van der Waals surface area contributed by atoms with Crippen LogP contribution in [-0.2, 0) is 14.8 Å². The maximum absolute atomic E-state index is 11.9. The quantitative estimate of drug-likeness (QED) is 0.729. The third-order valence-corrected chi connectivity index (χ3v) is 4.29. The summed E-state index contributed by atoms with van der Waals surface area (Å²) >= 11 is 0. The molecular formula is C12H16N2O5S. The summed E-state index contributed by atoms with van der Waals surface area (Å²) in [4.78, 5) is 11.7. The second-order valence-electron chi connectivity index (χ2n) is 4.85. The van der Waals surface area contributed by atoms with Gasteiger partial charge >= 0.3 is 0 Å². The van der Waals surface area contributed by atoms with E-state index in [1.165, 1.54) is 18.2 Å². The van der Waals surface area contributed by atoms with Crippen molar-refractivity contribution in [2.24, 2.45) is 0 Å². The van der Waals surface area contributed by atoms with Gasteiger partial charge < -0.3 is 15.2 Å². The maximum Gasteiger partial charge on any atom is 0.268 e. The monoisotopic (exact) mass is 300 g/mol. The Morgan fingerprint density at radius 1 is 1.40 bits per heavy atom. The van der Waals surface area contributed by atoms with E-state index in [-0.39, 0.29) is 24.0 Å². The lowest BCUT2D eigenvalue weighted by atomic mass is 10.1. The van der Waals surface area contributed by atoms with Gasteiger partial charge in [0.15, 0.2) is 5.60 Å². The summed E-state index contributed by atoms with van der Waals surface area (Å²) in [5.74, 6) is 0.000450. The highest BCUT2D eigenvalue weighted by Crippen LogP contribution is 2.35. The van der Waals surface area contributed by atoms with Crippen LogP contribution < -0.4 is 14.8 Å². The van der Waals surface area contributed by atoms with Crippen LogP contribution >= 0.6 is 0 Å². The molecule has 8 heteroatoms. The number of sulfonamides is 1. The molecule has 0 atom stereocenters. The van der Waals surface area contributed by atoms with Gasteiger partial charge in [-0.3, -0.25) is 4.79 Å². The van der Waals surface area contributed by atoms with Crippen LogP contribution in [0.4, 0.5) is 5.69 Å².